The summed E-state index contributed by atoms with van der Waals surface area (Å²) in [5, 5.41) is 0. The lowest BCUT2D eigenvalue weighted by Gasteiger charge is -2.27. The van der Waals surface area contributed by atoms with Gasteiger partial charge in [-0.2, -0.15) is 0 Å². The first-order chi connectivity index (χ1) is 8.09. The highest BCUT2D eigenvalue weighted by Crippen LogP contribution is 2.18. The van der Waals surface area contributed by atoms with Crippen molar-refractivity contribution in [2.45, 2.75) is 39.4 Å². The molecular weight excluding hydrogens is 216 g/mol. The van der Waals surface area contributed by atoms with Gasteiger partial charge in [-0.15, -0.1) is 0 Å². The fourth-order valence-electron chi connectivity index (χ4n) is 1.55. The number of rotatable bonds is 6. The Bertz CT molecular complexity index is 348. The second-order valence-electron chi connectivity index (χ2n) is 4.06. The van der Waals surface area contributed by atoms with Crippen LogP contribution in [0.3, 0.4) is 0 Å². The predicted molar refractivity (Wildman–Crippen MR) is 66.6 cm³/mol. The first kappa shape index (κ1) is 13.7. The molecule has 0 aliphatic rings. The summed E-state index contributed by atoms with van der Waals surface area (Å²) in [6, 6.07) is 9.55. The van der Waals surface area contributed by atoms with Gasteiger partial charge in [-0.05, 0) is 12.5 Å². The highest BCUT2D eigenvalue weighted by molar-refractivity contribution is 5.72. The third-order valence-electron chi connectivity index (χ3n) is 2.61. The Morgan fingerprint density at radius 1 is 1.24 bits per heavy atom. The molecule has 0 N–H and O–H groups in total. The summed E-state index contributed by atoms with van der Waals surface area (Å²) in [6.45, 7) is 6.15. The Morgan fingerprint density at radius 2 is 1.88 bits per heavy atom. The maximum Gasteiger partial charge on any atom is 0.312 e. The molecule has 0 aliphatic carbocycles. The molecule has 0 bridgehead atoms. The second-order valence-corrected chi connectivity index (χ2v) is 4.06. The van der Waals surface area contributed by atoms with Gasteiger partial charge >= 0.3 is 5.97 Å². The zero-order valence-corrected chi connectivity index (χ0v) is 10.7. The molecular formula is C14H20O3. The van der Waals surface area contributed by atoms with E-state index in [4.69, 9.17) is 9.47 Å². The average molecular weight is 236 g/mol. The molecule has 1 rings (SSSR count). The van der Waals surface area contributed by atoms with E-state index in [0.29, 0.717) is 13.0 Å². The van der Waals surface area contributed by atoms with Crippen LogP contribution in [0.5, 0.6) is 0 Å². The Labute approximate surface area is 103 Å². The molecule has 1 aromatic rings. The summed E-state index contributed by atoms with van der Waals surface area (Å²) in [4.78, 5) is 11.8. The molecule has 0 fully saturated rings. The summed E-state index contributed by atoms with van der Waals surface area (Å²) in [5.74, 6) is -1.06. The smallest absolute Gasteiger partial charge is 0.312 e. The Hall–Kier alpha value is -1.35. The van der Waals surface area contributed by atoms with Crippen LogP contribution in [0.2, 0.25) is 0 Å². The molecule has 17 heavy (non-hydrogen) atoms. The molecule has 1 unspecified atom stereocenters. The molecule has 0 amide bonds. The van der Waals surface area contributed by atoms with Crippen molar-refractivity contribution in [2.75, 3.05) is 6.61 Å². The number of ether oxygens (including phenoxy) is 2. The molecule has 1 atom stereocenters. The Morgan fingerprint density at radius 3 is 2.41 bits per heavy atom. The lowest BCUT2D eigenvalue weighted by Crippen LogP contribution is -2.34. The number of hydrogen-bond donors (Lipinski definition) is 0. The minimum absolute atomic E-state index is 0.256. The lowest BCUT2D eigenvalue weighted by atomic mass is 10.1. The van der Waals surface area contributed by atoms with Gasteiger partial charge in [0.25, 0.3) is 0 Å². The van der Waals surface area contributed by atoms with Crippen LogP contribution in [0.15, 0.2) is 30.3 Å². The molecule has 1 aromatic carbocycles. The normalized spacial score (nSPS) is 14.1. The zero-order chi connectivity index (χ0) is 12.7. The van der Waals surface area contributed by atoms with Crippen LogP contribution in [0.4, 0.5) is 0 Å². The molecule has 3 heteroatoms. The van der Waals surface area contributed by atoms with Crippen molar-refractivity contribution in [2.24, 2.45) is 0 Å². The maximum absolute atomic E-state index is 11.8. The van der Waals surface area contributed by atoms with Crippen molar-refractivity contribution in [3.8, 4) is 0 Å². The van der Waals surface area contributed by atoms with E-state index in [0.717, 1.165) is 5.56 Å². The van der Waals surface area contributed by atoms with Gasteiger partial charge in [0, 0.05) is 20.0 Å². The molecule has 94 valence electrons. The van der Waals surface area contributed by atoms with Gasteiger partial charge in [-0.25, -0.2) is 0 Å². The van der Waals surface area contributed by atoms with Crippen molar-refractivity contribution in [3.63, 3.8) is 0 Å². The van der Waals surface area contributed by atoms with Crippen molar-refractivity contribution in [1.29, 1.82) is 0 Å². The van der Waals surface area contributed by atoms with Gasteiger partial charge in [0.1, 0.15) is 0 Å². The maximum atomic E-state index is 11.8. The van der Waals surface area contributed by atoms with Crippen molar-refractivity contribution in [3.05, 3.63) is 35.9 Å². The van der Waals surface area contributed by atoms with Crippen LogP contribution >= 0.6 is 0 Å². The van der Waals surface area contributed by atoms with Crippen LogP contribution in [0.1, 0.15) is 32.8 Å². The molecule has 0 spiro atoms. The largest absolute Gasteiger partial charge is 0.433 e. The standard InChI is InChI=1S/C14H20O3/c1-4-14(3,16-5-2)17-13(15)11-12-9-7-6-8-10-12/h6-10H,4-5,11H2,1-3H3. The second kappa shape index (κ2) is 6.40. The van der Waals surface area contributed by atoms with Crippen LogP contribution in [0.25, 0.3) is 0 Å². The van der Waals surface area contributed by atoms with Crippen LogP contribution in [-0.4, -0.2) is 18.4 Å². The molecule has 0 saturated heterocycles. The third kappa shape index (κ3) is 4.57. The fraction of sp³-hybridized carbons (Fsp3) is 0.500. The molecule has 0 aliphatic heterocycles. The lowest BCUT2D eigenvalue weighted by molar-refractivity contribution is -0.222. The van der Waals surface area contributed by atoms with E-state index in [9.17, 15) is 4.79 Å². The molecule has 0 saturated carbocycles. The molecule has 0 radical (unpaired) electrons. The molecule has 3 nitrogen and oxygen atoms in total. The quantitative estimate of drug-likeness (QED) is 0.562. The van der Waals surface area contributed by atoms with Crippen molar-refractivity contribution in [1.82, 2.24) is 0 Å². The van der Waals surface area contributed by atoms with Gasteiger partial charge in [-0.1, -0.05) is 37.3 Å². The Kier molecular flexibility index (Phi) is 5.16. The van der Waals surface area contributed by atoms with Gasteiger partial charge < -0.3 is 9.47 Å². The number of hydrogen-bond acceptors (Lipinski definition) is 3. The minimum atomic E-state index is -0.805. The van der Waals surface area contributed by atoms with Crippen LogP contribution < -0.4 is 0 Å². The Balaban J connectivity index is 2.54. The topological polar surface area (TPSA) is 35.5 Å². The molecule has 0 aromatic heterocycles. The van der Waals surface area contributed by atoms with Crippen molar-refractivity contribution >= 4 is 5.97 Å². The number of esters is 1. The SMILES string of the molecule is CCOC(C)(CC)OC(=O)Cc1ccccc1. The van der Waals surface area contributed by atoms with Gasteiger partial charge in [0.2, 0.25) is 5.79 Å². The van der Waals surface area contributed by atoms with Gasteiger partial charge in [0.15, 0.2) is 0 Å². The number of benzene rings is 1. The third-order valence-corrected chi connectivity index (χ3v) is 2.61. The van der Waals surface area contributed by atoms with Gasteiger partial charge in [-0.3, -0.25) is 4.79 Å². The number of carbonyl (C=O) groups excluding carboxylic acids is 1. The van der Waals surface area contributed by atoms with Crippen LogP contribution in [-0.2, 0) is 20.7 Å². The fourth-order valence-corrected chi connectivity index (χ4v) is 1.55. The van der Waals surface area contributed by atoms with Crippen molar-refractivity contribution < 1.29 is 14.3 Å². The van der Waals surface area contributed by atoms with E-state index < -0.39 is 5.79 Å². The molecule has 0 heterocycles. The van der Waals surface area contributed by atoms with E-state index in [2.05, 4.69) is 0 Å². The summed E-state index contributed by atoms with van der Waals surface area (Å²) >= 11 is 0. The first-order valence-corrected chi connectivity index (χ1v) is 5.99. The predicted octanol–water partition coefficient (Wildman–Crippen LogP) is 2.94. The van der Waals surface area contributed by atoms with E-state index in [-0.39, 0.29) is 12.4 Å². The summed E-state index contributed by atoms with van der Waals surface area (Å²) in [5.41, 5.74) is 0.951. The van der Waals surface area contributed by atoms with E-state index in [1.54, 1.807) is 6.92 Å². The van der Waals surface area contributed by atoms with Crippen LogP contribution in [0, 0.1) is 0 Å². The summed E-state index contributed by atoms with van der Waals surface area (Å²) in [6.07, 6.45) is 0.922. The van der Waals surface area contributed by atoms with E-state index in [1.165, 1.54) is 0 Å². The summed E-state index contributed by atoms with van der Waals surface area (Å²) < 4.78 is 10.8. The van der Waals surface area contributed by atoms with Gasteiger partial charge in [0.05, 0.1) is 6.42 Å². The zero-order valence-electron chi connectivity index (χ0n) is 10.7. The minimum Gasteiger partial charge on any atom is -0.433 e. The average Bonchev–Trinajstić information content (AvgIpc) is 2.30. The first-order valence-electron chi connectivity index (χ1n) is 5.99. The summed E-state index contributed by atoms with van der Waals surface area (Å²) in [7, 11) is 0. The highest BCUT2D eigenvalue weighted by atomic mass is 16.7. The highest BCUT2D eigenvalue weighted by Gasteiger charge is 2.26. The monoisotopic (exact) mass is 236 g/mol. The van der Waals surface area contributed by atoms with E-state index in [1.807, 2.05) is 44.2 Å². The number of carbonyl (C=O) groups is 1. The van der Waals surface area contributed by atoms with E-state index >= 15 is 0 Å².